The largest absolute Gasteiger partial charge is 0.477 e. The van der Waals surface area contributed by atoms with E-state index in [2.05, 4.69) is 20.3 Å². The van der Waals surface area contributed by atoms with Gasteiger partial charge in [-0.3, -0.25) is 0 Å². The van der Waals surface area contributed by atoms with Crippen LogP contribution < -0.4 is 15.8 Å². The van der Waals surface area contributed by atoms with Crippen molar-refractivity contribution >= 4 is 23.2 Å². The Hall–Kier alpha value is -2.08. The number of halogens is 1. The molecule has 2 heterocycles. The molecule has 0 amide bonds. The number of pyridine rings is 1. The molecule has 0 aromatic carbocycles. The van der Waals surface area contributed by atoms with Gasteiger partial charge < -0.3 is 15.8 Å². The van der Waals surface area contributed by atoms with Crippen LogP contribution in [0.15, 0.2) is 24.7 Å². The quantitative estimate of drug-likeness (QED) is 0.851. The highest BCUT2D eigenvalue weighted by atomic mass is 35.5. The standard InChI is InChI=1S/C13H16ClN5O/c1-2-6-20-13-9(4-3-5-16-13)7-17-12-10(14)11(15)18-8-19-12/h3-5,8H,2,6-7H2,1H3,(H3,15,17,18,19). The molecule has 2 aromatic rings. The fourth-order valence-electron chi connectivity index (χ4n) is 1.57. The van der Waals surface area contributed by atoms with Crippen molar-refractivity contribution in [2.75, 3.05) is 17.7 Å². The molecule has 0 aliphatic rings. The van der Waals surface area contributed by atoms with Crippen LogP contribution in [0, 0.1) is 0 Å². The lowest BCUT2D eigenvalue weighted by Crippen LogP contribution is -2.07. The summed E-state index contributed by atoms with van der Waals surface area (Å²) in [5.74, 6) is 1.35. The summed E-state index contributed by atoms with van der Waals surface area (Å²) in [6, 6.07) is 3.79. The summed E-state index contributed by atoms with van der Waals surface area (Å²) < 4.78 is 5.59. The van der Waals surface area contributed by atoms with E-state index >= 15 is 0 Å². The minimum Gasteiger partial charge on any atom is -0.477 e. The number of hydrogen-bond donors (Lipinski definition) is 2. The molecule has 106 valence electrons. The molecule has 0 fully saturated rings. The molecule has 2 rings (SSSR count). The van der Waals surface area contributed by atoms with Gasteiger partial charge in [-0.25, -0.2) is 15.0 Å². The van der Waals surface area contributed by atoms with Gasteiger partial charge in [0.05, 0.1) is 6.61 Å². The van der Waals surface area contributed by atoms with Crippen molar-refractivity contribution in [3.05, 3.63) is 35.2 Å². The zero-order valence-electron chi connectivity index (χ0n) is 11.1. The molecular weight excluding hydrogens is 278 g/mol. The highest BCUT2D eigenvalue weighted by Crippen LogP contribution is 2.24. The first-order valence-electron chi connectivity index (χ1n) is 6.29. The Bertz CT molecular complexity index is 578. The third kappa shape index (κ3) is 3.48. The number of ether oxygens (including phenoxy) is 1. The lowest BCUT2D eigenvalue weighted by atomic mass is 10.2. The number of nitrogens with zero attached hydrogens (tertiary/aromatic N) is 3. The summed E-state index contributed by atoms with van der Waals surface area (Å²) in [6.45, 7) is 3.17. The molecule has 7 heteroatoms. The Labute approximate surface area is 122 Å². The normalized spacial score (nSPS) is 10.3. The summed E-state index contributed by atoms with van der Waals surface area (Å²) in [5.41, 5.74) is 6.55. The van der Waals surface area contributed by atoms with E-state index in [1.807, 2.05) is 19.1 Å². The Kier molecular flexibility index (Phi) is 4.95. The maximum atomic E-state index is 6.02. The lowest BCUT2D eigenvalue weighted by Gasteiger charge is -2.11. The Morgan fingerprint density at radius 1 is 1.35 bits per heavy atom. The zero-order chi connectivity index (χ0) is 14.4. The van der Waals surface area contributed by atoms with Crippen molar-refractivity contribution in [3.8, 4) is 5.88 Å². The van der Waals surface area contributed by atoms with Gasteiger partial charge in [-0.15, -0.1) is 0 Å². The van der Waals surface area contributed by atoms with Crippen molar-refractivity contribution in [1.29, 1.82) is 0 Å². The van der Waals surface area contributed by atoms with Gasteiger partial charge in [0.2, 0.25) is 5.88 Å². The van der Waals surface area contributed by atoms with Crippen LogP contribution in [0.5, 0.6) is 5.88 Å². The van der Waals surface area contributed by atoms with E-state index < -0.39 is 0 Å². The van der Waals surface area contributed by atoms with Crippen molar-refractivity contribution in [2.45, 2.75) is 19.9 Å². The second-order valence-corrected chi connectivity index (χ2v) is 4.47. The summed E-state index contributed by atoms with van der Waals surface area (Å²) >= 11 is 6.02. The third-order valence-electron chi connectivity index (χ3n) is 2.56. The second-order valence-electron chi connectivity index (χ2n) is 4.09. The topological polar surface area (TPSA) is 86.0 Å². The smallest absolute Gasteiger partial charge is 0.218 e. The second kappa shape index (κ2) is 6.91. The van der Waals surface area contributed by atoms with Gasteiger partial charge in [-0.05, 0) is 12.5 Å². The van der Waals surface area contributed by atoms with Crippen LogP contribution in [0.2, 0.25) is 5.02 Å². The summed E-state index contributed by atoms with van der Waals surface area (Å²) in [5, 5.41) is 3.42. The Balaban J connectivity index is 2.09. The van der Waals surface area contributed by atoms with Crippen molar-refractivity contribution < 1.29 is 4.74 Å². The molecule has 0 saturated heterocycles. The molecular formula is C13H16ClN5O. The first-order valence-corrected chi connectivity index (χ1v) is 6.66. The Morgan fingerprint density at radius 3 is 3.00 bits per heavy atom. The van der Waals surface area contributed by atoms with Crippen LogP contribution in [-0.4, -0.2) is 21.6 Å². The van der Waals surface area contributed by atoms with Gasteiger partial charge in [0.1, 0.15) is 17.2 Å². The Morgan fingerprint density at radius 2 is 2.20 bits per heavy atom. The van der Waals surface area contributed by atoms with Crippen molar-refractivity contribution in [3.63, 3.8) is 0 Å². The average Bonchev–Trinajstić information content (AvgIpc) is 2.47. The van der Waals surface area contributed by atoms with Gasteiger partial charge in [0, 0.05) is 18.3 Å². The first kappa shape index (κ1) is 14.3. The van der Waals surface area contributed by atoms with Gasteiger partial charge in [-0.2, -0.15) is 0 Å². The number of aromatic nitrogens is 3. The SMILES string of the molecule is CCCOc1ncccc1CNc1ncnc(N)c1Cl. The maximum absolute atomic E-state index is 6.02. The van der Waals surface area contributed by atoms with E-state index in [4.69, 9.17) is 22.1 Å². The monoisotopic (exact) mass is 293 g/mol. The minimum absolute atomic E-state index is 0.248. The molecule has 0 unspecified atom stereocenters. The molecule has 0 radical (unpaired) electrons. The number of anilines is 2. The number of nitrogen functional groups attached to an aromatic ring is 1. The summed E-state index contributed by atoms with van der Waals surface area (Å²) in [7, 11) is 0. The number of nitrogens with two attached hydrogens (primary N) is 1. The summed E-state index contributed by atoms with van der Waals surface area (Å²) in [4.78, 5) is 12.1. The molecule has 0 bridgehead atoms. The fraction of sp³-hybridized carbons (Fsp3) is 0.308. The predicted molar refractivity (Wildman–Crippen MR) is 78.8 cm³/mol. The van der Waals surface area contributed by atoms with Crippen molar-refractivity contribution in [2.24, 2.45) is 0 Å². The minimum atomic E-state index is 0.248. The molecule has 6 nitrogen and oxygen atoms in total. The zero-order valence-corrected chi connectivity index (χ0v) is 11.9. The molecule has 0 atom stereocenters. The molecule has 0 saturated carbocycles. The van der Waals surface area contributed by atoms with E-state index in [0.717, 1.165) is 12.0 Å². The lowest BCUT2D eigenvalue weighted by molar-refractivity contribution is 0.302. The first-order chi connectivity index (χ1) is 9.72. The highest BCUT2D eigenvalue weighted by Gasteiger charge is 2.08. The van der Waals surface area contributed by atoms with E-state index in [1.54, 1.807) is 6.20 Å². The van der Waals surface area contributed by atoms with Gasteiger partial charge in [0.15, 0.2) is 5.82 Å². The molecule has 3 N–H and O–H groups in total. The van der Waals surface area contributed by atoms with Crippen LogP contribution in [0.25, 0.3) is 0 Å². The summed E-state index contributed by atoms with van der Waals surface area (Å²) in [6.07, 6.45) is 3.99. The number of hydrogen-bond acceptors (Lipinski definition) is 6. The van der Waals surface area contributed by atoms with Crippen LogP contribution in [0.3, 0.4) is 0 Å². The molecule has 0 aliphatic carbocycles. The van der Waals surface area contributed by atoms with E-state index in [-0.39, 0.29) is 5.82 Å². The van der Waals surface area contributed by atoms with Crippen LogP contribution >= 0.6 is 11.6 Å². The predicted octanol–water partition coefficient (Wildman–Crippen LogP) is 2.51. The number of rotatable bonds is 6. The van der Waals surface area contributed by atoms with Gasteiger partial charge >= 0.3 is 0 Å². The van der Waals surface area contributed by atoms with Crippen LogP contribution in [-0.2, 0) is 6.54 Å². The van der Waals surface area contributed by atoms with E-state index in [1.165, 1.54) is 6.33 Å². The average molecular weight is 294 g/mol. The van der Waals surface area contributed by atoms with E-state index in [0.29, 0.717) is 29.9 Å². The third-order valence-corrected chi connectivity index (χ3v) is 2.93. The molecule has 20 heavy (non-hydrogen) atoms. The van der Waals surface area contributed by atoms with Crippen LogP contribution in [0.4, 0.5) is 11.6 Å². The fourth-order valence-corrected chi connectivity index (χ4v) is 1.74. The van der Waals surface area contributed by atoms with Gasteiger partial charge in [-0.1, -0.05) is 24.6 Å². The maximum Gasteiger partial charge on any atom is 0.218 e. The molecule has 0 aliphatic heterocycles. The van der Waals surface area contributed by atoms with E-state index in [9.17, 15) is 0 Å². The molecule has 2 aromatic heterocycles. The number of nitrogens with one attached hydrogen (secondary N) is 1. The van der Waals surface area contributed by atoms with Crippen molar-refractivity contribution in [1.82, 2.24) is 15.0 Å². The van der Waals surface area contributed by atoms with Gasteiger partial charge in [0.25, 0.3) is 0 Å². The highest BCUT2D eigenvalue weighted by molar-refractivity contribution is 6.35. The molecule has 0 spiro atoms. The van der Waals surface area contributed by atoms with Crippen LogP contribution in [0.1, 0.15) is 18.9 Å².